The van der Waals surface area contributed by atoms with Gasteiger partial charge in [-0.1, -0.05) is 0 Å². The van der Waals surface area contributed by atoms with Crippen LogP contribution in [0.25, 0.3) is 0 Å². The van der Waals surface area contributed by atoms with Crippen molar-refractivity contribution in [2.45, 2.75) is 37.1 Å². The van der Waals surface area contributed by atoms with Crippen LogP contribution in [0.3, 0.4) is 0 Å². The van der Waals surface area contributed by atoms with Crippen molar-refractivity contribution in [1.82, 2.24) is 20.1 Å². The third kappa shape index (κ3) is 2.39. The first-order chi connectivity index (χ1) is 10.3. The Morgan fingerprint density at radius 1 is 1.48 bits per heavy atom. The molecular formula is C13H16N4O3S. The summed E-state index contributed by atoms with van der Waals surface area (Å²) in [5.74, 6) is 0. The van der Waals surface area contributed by atoms with E-state index in [-0.39, 0.29) is 18.2 Å². The highest BCUT2D eigenvalue weighted by atomic mass is 32.1. The summed E-state index contributed by atoms with van der Waals surface area (Å²) in [6.45, 7) is 1.09. The Labute approximate surface area is 125 Å². The fourth-order valence-corrected chi connectivity index (χ4v) is 3.50. The third-order valence-electron chi connectivity index (χ3n) is 3.93. The standard InChI is InChI=1S/C13H16N4O3S/c18-12-10(15-6-9-14-3-5-21-9)8-7-19-13(20-8)11(12)17-4-1-2-16-17/h1-5,8,10-13,15,18H,6-7H2/t8-,10-,11-,12+,13-/m1/s1. The van der Waals surface area contributed by atoms with Crippen molar-refractivity contribution in [3.63, 3.8) is 0 Å². The van der Waals surface area contributed by atoms with E-state index >= 15 is 0 Å². The van der Waals surface area contributed by atoms with Crippen molar-refractivity contribution < 1.29 is 14.6 Å². The number of thiazole rings is 1. The lowest BCUT2D eigenvalue weighted by Gasteiger charge is -2.38. The van der Waals surface area contributed by atoms with E-state index < -0.39 is 12.4 Å². The smallest absolute Gasteiger partial charge is 0.183 e. The van der Waals surface area contributed by atoms with E-state index in [0.29, 0.717) is 13.2 Å². The molecule has 2 fully saturated rings. The Balaban J connectivity index is 1.53. The van der Waals surface area contributed by atoms with E-state index in [4.69, 9.17) is 9.47 Å². The van der Waals surface area contributed by atoms with Gasteiger partial charge in [0.05, 0.1) is 18.8 Å². The second kappa shape index (κ2) is 5.47. The summed E-state index contributed by atoms with van der Waals surface area (Å²) < 4.78 is 13.2. The number of aliphatic hydroxyl groups excluding tert-OH is 1. The lowest BCUT2D eigenvalue weighted by molar-refractivity contribution is -0.168. The Morgan fingerprint density at radius 2 is 2.43 bits per heavy atom. The van der Waals surface area contributed by atoms with Gasteiger partial charge in [0.25, 0.3) is 0 Å². The summed E-state index contributed by atoms with van der Waals surface area (Å²) in [7, 11) is 0. The molecule has 21 heavy (non-hydrogen) atoms. The molecule has 0 aromatic carbocycles. The van der Waals surface area contributed by atoms with Gasteiger partial charge in [-0.2, -0.15) is 5.10 Å². The van der Waals surface area contributed by atoms with Gasteiger partial charge in [0, 0.05) is 30.5 Å². The molecule has 8 heteroatoms. The molecule has 2 aliphatic heterocycles. The average Bonchev–Trinajstić information content (AvgIpc) is 3.20. The minimum absolute atomic E-state index is 0.142. The number of hydrogen-bond donors (Lipinski definition) is 2. The van der Waals surface area contributed by atoms with E-state index in [1.807, 2.05) is 17.6 Å². The molecule has 0 spiro atoms. The Hall–Kier alpha value is -1.32. The van der Waals surface area contributed by atoms with E-state index in [9.17, 15) is 5.11 Å². The zero-order valence-corrected chi connectivity index (χ0v) is 12.0. The highest BCUT2D eigenvalue weighted by Gasteiger charge is 2.51. The Morgan fingerprint density at radius 3 is 3.19 bits per heavy atom. The lowest BCUT2D eigenvalue weighted by Crippen LogP contribution is -2.57. The molecule has 2 aliphatic rings. The van der Waals surface area contributed by atoms with Crippen molar-refractivity contribution in [3.05, 3.63) is 35.0 Å². The molecule has 7 nitrogen and oxygen atoms in total. The Kier molecular flexibility index (Phi) is 3.48. The van der Waals surface area contributed by atoms with Crippen LogP contribution in [0.5, 0.6) is 0 Å². The number of nitrogens with zero attached hydrogens (tertiary/aromatic N) is 3. The van der Waals surface area contributed by atoms with Crippen molar-refractivity contribution in [3.8, 4) is 0 Å². The first-order valence-corrected chi connectivity index (χ1v) is 7.77. The van der Waals surface area contributed by atoms with E-state index in [0.717, 1.165) is 5.01 Å². The maximum Gasteiger partial charge on any atom is 0.183 e. The van der Waals surface area contributed by atoms with Crippen LogP contribution in [0.15, 0.2) is 30.0 Å². The molecule has 112 valence electrons. The SMILES string of the molecule is O[C@H]1[C@H](NCc2nccs2)[C@H]2CO[C@H](O2)[C@@H]1n1cccn1. The van der Waals surface area contributed by atoms with Gasteiger partial charge in [-0.25, -0.2) is 4.98 Å². The topological polar surface area (TPSA) is 81.4 Å². The van der Waals surface area contributed by atoms with Gasteiger partial charge in [0.15, 0.2) is 6.29 Å². The number of aromatic nitrogens is 3. The zero-order valence-electron chi connectivity index (χ0n) is 11.2. The number of aliphatic hydroxyl groups is 1. The quantitative estimate of drug-likeness (QED) is 0.837. The fourth-order valence-electron chi connectivity index (χ4n) is 2.94. The van der Waals surface area contributed by atoms with Gasteiger partial charge in [0.2, 0.25) is 0 Å². The molecule has 0 aliphatic carbocycles. The summed E-state index contributed by atoms with van der Waals surface area (Å²) in [6.07, 6.45) is 4.07. The summed E-state index contributed by atoms with van der Waals surface area (Å²) >= 11 is 1.59. The van der Waals surface area contributed by atoms with E-state index in [1.165, 1.54) is 0 Å². The molecule has 2 saturated heterocycles. The first-order valence-electron chi connectivity index (χ1n) is 6.89. The van der Waals surface area contributed by atoms with Crippen LogP contribution in [0, 0.1) is 0 Å². The van der Waals surface area contributed by atoms with Crippen LogP contribution in [0.1, 0.15) is 11.0 Å². The van der Waals surface area contributed by atoms with Crippen molar-refractivity contribution in [2.75, 3.05) is 6.61 Å². The number of fused-ring (bicyclic) bond motifs is 2. The average molecular weight is 308 g/mol. The molecular weight excluding hydrogens is 292 g/mol. The van der Waals surface area contributed by atoms with Gasteiger partial charge in [-0.05, 0) is 6.07 Å². The van der Waals surface area contributed by atoms with Gasteiger partial charge in [-0.3, -0.25) is 4.68 Å². The lowest BCUT2D eigenvalue weighted by atomic mass is 9.96. The Bertz CT molecular complexity index is 576. The predicted molar refractivity (Wildman–Crippen MR) is 74.6 cm³/mol. The third-order valence-corrected chi connectivity index (χ3v) is 4.71. The van der Waals surface area contributed by atoms with Crippen molar-refractivity contribution >= 4 is 11.3 Å². The van der Waals surface area contributed by atoms with Crippen LogP contribution in [0.4, 0.5) is 0 Å². The molecule has 0 radical (unpaired) electrons. The molecule has 2 bridgehead atoms. The fraction of sp³-hybridized carbons (Fsp3) is 0.538. The summed E-state index contributed by atoms with van der Waals surface area (Å²) in [4.78, 5) is 4.24. The number of ether oxygens (including phenoxy) is 2. The predicted octanol–water partition coefficient (Wildman–Crippen LogP) is 0.155. The molecule has 4 heterocycles. The van der Waals surface area contributed by atoms with Crippen LogP contribution in [0.2, 0.25) is 0 Å². The monoisotopic (exact) mass is 308 g/mol. The van der Waals surface area contributed by atoms with Crippen molar-refractivity contribution in [1.29, 1.82) is 0 Å². The second-order valence-electron chi connectivity index (χ2n) is 5.18. The highest BCUT2D eigenvalue weighted by molar-refractivity contribution is 7.09. The molecule has 4 rings (SSSR count). The summed E-state index contributed by atoms with van der Waals surface area (Å²) in [5.41, 5.74) is 0. The molecule has 0 saturated carbocycles. The maximum atomic E-state index is 10.7. The highest BCUT2D eigenvalue weighted by Crippen LogP contribution is 2.35. The minimum Gasteiger partial charge on any atom is -0.389 e. The molecule has 2 aromatic rings. The normalized spacial score (nSPS) is 35.2. The van der Waals surface area contributed by atoms with Crippen LogP contribution < -0.4 is 5.32 Å². The molecule has 0 unspecified atom stereocenters. The van der Waals surface area contributed by atoms with E-state index in [1.54, 1.807) is 28.4 Å². The molecule has 5 atom stereocenters. The molecule has 0 amide bonds. The number of rotatable bonds is 4. The van der Waals surface area contributed by atoms with Gasteiger partial charge >= 0.3 is 0 Å². The summed E-state index contributed by atoms with van der Waals surface area (Å²) in [5, 5.41) is 21.2. The summed E-state index contributed by atoms with van der Waals surface area (Å²) in [6, 6.07) is 1.28. The zero-order chi connectivity index (χ0) is 14.2. The van der Waals surface area contributed by atoms with Gasteiger partial charge < -0.3 is 19.9 Å². The second-order valence-corrected chi connectivity index (χ2v) is 6.16. The van der Waals surface area contributed by atoms with E-state index in [2.05, 4.69) is 15.4 Å². The molecule has 2 aromatic heterocycles. The van der Waals surface area contributed by atoms with Crippen LogP contribution >= 0.6 is 11.3 Å². The minimum atomic E-state index is -0.629. The van der Waals surface area contributed by atoms with Crippen LogP contribution in [-0.4, -0.2) is 51.0 Å². The maximum absolute atomic E-state index is 10.7. The van der Waals surface area contributed by atoms with Gasteiger partial charge in [0.1, 0.15) is 17.2 Å². The van der Waals surface area contributed by atoms with Crippen molar-refractivity contribution in [2.24, 2.45) is 0 Å². The largest absolute Gasteiger partial charge is 0.389 e. The molecule has 2 N–H and O–H groups in total. The van der Waals surface area contributed by atoms with Gasteiger partial charge in [-0.15, -0.1) is 11.3 Å². The number of hydrogen-bond acceptors (Lipinski definition) is 7. The first kappa shape index (κ1) is 13.4. The number of nitrogens with one attached hydrogen (secondary N) is 1. The van der Waals surface area contributed by atoms with Crippen LogP contribution in [-0.2, 0) is 16.0 Å².